The third-order valence-corrected chi connectivity index (χ3v) is 3.19. The van der Waals surface area contributed by atoms with Crippen molar-refractivity contribution in [2.24, 2.45) is 0 Å². The summed E-state index contributed by atoms with van der Waals surface area (Å²) in [6.45, 7) is 0. The van der Waals surface area contributed by atoms with Crippen molar-refractivity contribution in [1.82, 2.24) is 9.97 Å². The van der Waals surface area contributed by atoms with E-state index in [0.717, 1.165) is 5.52 Å². The zero-order valence-corrected chi connectivity index (χ0v) is 11.8. The number of H-pyrrole nitrogens is 1. The van der Waals surface area contributed by atoms with Gasteiger partial charge in [0.15, 0.2) is 5.78 Å². The fourth-order valence-corrected chi connectivity index (χ4v) is 2.11. The Morgan fingerprint density at radius 1 is 1.09 bits per heavy atom. The van der Waals surface area contributed by atoms with Crippen LogP contribution in [-0.4, -0.2) is 58.5 Å². The number of anilines is 1. The number of nitrogens with zero attached hydrogens (tertiary/aromatic N) is 1. The summed E-state index contributed by atoms with van der Waals surface area (Å²) in [5.74, 6) is 0.194. The van der Waals surface area contributed by atoms with Crippen LogP contribution in [0.1, 0.15) is 15.9 Å². The standard InChI is InChI=1S/C16H13N3O3.Na.H/c1-22-16(21)19-15-17-12-8-7-11(9-13(12)18-15)14(20)10-5-3-2-4-6-10;;/h2-9H,1H3,(H2,17,18,19,21);;. The number of methoxy groups -OCH3 is 1. The molecule has 0 atom stereocenters. The normalized spacial score (nSPS) is 9.96. The maximum absolute atomic E-state index is 12.4. The van der Waals surface area contributed by atoms with E-state index in [2.05, 4.69) is 20.0 Å². The van der Waals surface area contributed by atoms with E-state index in [1.807, 2.05) is 18.2 Å². The van der Waals surface area contributed by atoms with E-state index in [9.17, 15) is 9.59 Å². The van der Waals surface area contributed by atoms with E-state index in [4.69, 9.17) is 0 Å². The summed E-state index contributed by atoms with van der Waals surface area (Å²) < 4.78 is 4.51. The van der Waals surface area contributed by atoms with Crippen LogP contribution in [0.25, 0.3) is 11.0 Å². The molecule has 6 nitrogen and oxygen atoms in total. The molecule has 3 aromatic rings. The number of aromatic amines is 1. The van der Waals surface area contributed by atoms with Crippen LogP contribution in [0.4, 0.5) is 10.7 Å². The molecule has 112 valence electrons. The number of fused-ring (bicyclic) bond motifs is 1. The van der Waals surface area contributed by atoms with Gasteiger partial charge in [-0.3, -0.25) is 10.1 Å². The minimum absolute atomic E-state index is 0. The molecule has 0 saturated carbocycles. The number of carbonyl (C=O) groups excluding carboxylic acids is 2. The Labute approximate surface area is 154 Å². The van der Waals surface area contributed by atoms with Crippen LogP contribution < -0.4 is 5.32 Å². The van der Waals surface area contributed by atoms with Crippen LogP contribution in [0, 0.1) is 0 Å². The Morgan fingerprint density at radius 2 is 1.83 bits per heavy atom. The van der Waals surface area contributed by atoms with E-state index in [1.54, 1.807) is 30.3 Å². The van der Waals surface area contributed by atoms with Gasteiger partial charge >= 0.3 is 35.7 Å². The molecule has 23 heavy (non-hydrogen) atoms. The van der Waals surface area contributed by atoms with Gasteiger partial charge in [0.25, 0.3) is 0 Å². The number of hydrogen-bond donors (Lipinski definition) is 2. The number of amides is 1. The summed E-state index contributed by atoms with van der Waals surface area (Å²) in [5, 5.41) is 2.45. The molecular formula is C16H14N3NaO3. The van der Waals surface area contributed by atoms with Gasteiger partial charge in [-0.05, 0) is 18.2 Å². The Bertz CT molecular complexity index is 846. The zero-order valence-electron chi connectivity index (χ0n) is 11.8. The molecule has 0 bridgehead atoms. The Hall–Kier alpha value is -2.15. The summed E-state index contributed by atoms with van der Waals surface area (Å²) in [5.41, 5.74) is 2.46. The first-order chi connectivity index (χ1) is 10.7. The molecule has 3 rings (SSSR count). The first-order valence-corrected chi connectivity index (χ1v) is 6.62. The summed E-state index contributed by atoms with van der Waals surface area (Å²) >= 11 is 0. The number of carbonyl (C=O) groups is 2. The first-order valence-electron chi connectivity index (χ1n) is 6.62. The molecule has 1 amide bonds. The van der Waals surface area contributed by atoms with Gasteiger partial charge in [-0.15, -0.1) is 0 Å². The van der Waals surface area contributed by atoms with Crippen molar-refractivity contribution in [3.05, 3.63) is 59.7 Å². The topological polar surface area (TPSA) is 84.1 Å². The molecule has 2 N–H and O–H groups in total. The number of nitrogens with one attached hydrogen (secondary N) is 2. The van der Waals surface area contributed by atoms with Gasteiger partial charge < -0.3 is 9.72 Å². The van der Waals surface area contributed by atoms with Crippen molar-refractivity contribution >= 4 is 58.4 Å². The average Bonchev–Trinajstić information content (AvgIpc) is 2.96. The van der Waals surface area contributed by atoms with Crippen LogP contribution in [0.5, 0.6) is 0 Å². The van der Waals surface area contributed by atoms with Gasteiger partial charge in [0.1, 0.15) is 0 Å². The second kappa shape index (κ2) is 7.41. The van der Waals surface area contributed by atoms with Crippen molar-refractivity contribution in [2.45, 2.75) is 0 Å². The Morgan fingerprint density at radius 3 is 2.52 bits per heavy atom. The Kier molecular flexibility index (Phi) is 5.54. The molecule has 2 aromatic carbocycles. The van der Waals surface area contributed by atoms with Crippen molar-refractivity contribution in [3.63, 3.8) is 0 Å². The van der Waals surface area contributed by atoms with Gasteiger partial charge in [-0.25, -0.2) is 9.78 Å². The molecule has 0 aliphatic rings. The summed E-state index contributed by atoms with van der Waals surface area (Å²) in [7, 11) is 1.27. The third kappa shape index (κ3) is 3.79. The zero-order chi connectivity index (χ0) is 15.5. The Balaban J connectivity index is 0.00000192. The van der Waals surface area contributed by atoms with Crippen LogP contribution >= 0.6 is 0 Å². The number of imidazole rings is 1. The summed E-state index contributed by atoms with van der Waals surface area (Å²) in [6.07, 6.45) is -0.611. The van der Waals surface area contributed by atoms with Crippen LogP contribution in [-0.2, 0) is 4.74 Å². The maximum atomic E-state index is 12.4. The molecule has 0 saturated heterocycles. The van der Waals surface area contributed by atoms with Gasteiger partial charge in [0, 0.05) is 11.1 Å². The molecule has 1 aromatic heterocycles. The summed E-state index contributed by atoms with van der Waals surface area (Å²) in [6, 6.07) is 14.2. The summed E-state index contributed by atoms with van der Waals surface area (Å²) in [4.78, 5) is 30.7. The predicted molar refractivity (Wildman–Crippen MR) is 89.1 cm³/mol. The van der Waals surface area contributed by atoms with Crippen molar-refractivity contribution in [1.29, 1.82) is 0 Å². The molecule has 0 radical (unpaired) electrons. The molecule has 7 heteroatoms. The fourth-order valence-electron chi connectivity index (χ4n) is 2.11. The molecule has 1 heterocycles. The second-order valence-corrected chi connectivity index (χ2v) is 4.63. The molecule has 0 spiro atoms. The SMILES string of the molecule is COC(=O)Nc1nc2cc(C(=O)c3ccccc3)ccc2[nH]1.[NaH]. The van der Waals surface area contributed by atoms with E-state index in [0.29, 0.717) is 16.6 Å². The van der Waals surface area contributed by atoms with E-state index >= 15 is 0 Å². The van der Waals surface area contributed by atoms with E-state index < -0.39 is 6.09 Å². The van der Waals surface area contributed by atoms with Crippen molar-refractivity contribution in [2.75, 3.05) is 12.4 Å². The predicted octanol–water partition coefficient (Wildman–Crippen LogP) is 2.32. The van der Waals surface area contributed by atoms with E-state index in [1.165, 1.54) is 7.11 Å². The number of benzene rings is 2. The van der Waals surface area contributed by atoms with E-state index in [-0.39, 0.29) is 41.3 Å². The van der Waals surface area contributed by atoms with Crippen molar-refractivity contribution in [3.8, 4) is 0 Å². The molecular weight excluding hydrogens is 305 g/mol. The number of hydrogen-bond acceptors (Lipinski definition) is 4. The fraction of sp³-hybridized carbons (Fsp3) is 0.0625. The second-order valence-electron chi connectivity index (χ2n) is 4.63. The van der Waals surface area contributed by atoms with Crippen LogP contribution in [0.2, 0.25) is 0 Å². The van der Waals surface area contributed by atoms with Gasteiger partial charge in [-0.2, -0.15) is 0 Å². The van der Waals surface area contributed by atoms with Crippen molar-refractivity contribution < 1.29 is 14.3 Å². The number of aromatic nitrogens is 2. The average molecular weight is 319 g/mol. The minimum atomic E-state index is -0.611. The first kappa shape index (κ1) is 17.2. The molecule has 0 aliphatic carbocycles. The molecule has 0 fully saturated rings. The van der Waals surface area contributed by atoms with Gasteiger partial charge in [0.05, 0.1) is 18.1 Å². The van der Waals surface area contributed by atoms with Gasteiger partial charge in [0.2, 0.25) is 5.95 Å². The molecule has 0 unspecified atom stereocenters. The monoisotopic (exact) mass is 319 g/mol. The molecule has 0 aliphatic heterocycles. The van der Waals surface area contributed by atoms with Crippen LogP contribution in [0.15, 0.2) is 48.5 Å². The third-order valence-electron chi connectivity index (χ3n) is 3.19. The quantitative estimate of drug-likeness (QED) is 0.573. The van der Waals surface area contributed by atoms with Crippen LogP contribution in [0.3, 0.4) is 0 Å². The number of rotatable bonds is 3. The van der Waals surface area contributed by atoms with Gasteiger partial charge in [-0.1, -0.05) is 30.3 Å². The number of ether oxygens (including phenoxy) is 1. The number of ketones is 1.